The van der Waals surface area contributed by atoms with Crippen LogP contribution in [0.3, 0.4) is 0 Å². The molecule has 2 aliphatic heterocycles. The lowest BCUT2D eigenvalue weighted by Gasteiger charge is -2.22. The van der Waals surface area contributed by atoms with Gasteiger partial charge in [0.05, 0.1) is 16.8 Å². The maximum atomic E-state index is 12.7. The molecule has 5 rings (SSSR count). The Kier molecular flexibility index (Phi) is 3.15. The average molecular weight is 354 g/mol. The summed E-state index contributed by atoms with van der Waals surface area (Å²) in [6.07, 6.45) is 3.97. The van der Waals surface area contributed by atoms with Gasteiger partial charge in [-0.05, 0) is 31.2 Å². The van der Waals surface area contributed by atoms with Crippen molar-refractivity contribution in [3.63, 3.8) is 0 Å². The highest BCUT2D eigenvalue weighted by Gasteiger charge is 2.48. The molecule has 1 amide bonds. The fourth-order valence-corrected chi connectivity index (χ4v) is 4.89. The number of amides is 1. The number of carbonyl (C=O) groups excluding carboxylic acids is 1. The Balaban J connectivity index is 1.43. The maximum Gasteiger partial charge on any atom is 0.276 e. The highest BCUT2D eigenvalue weighted by molar-refractivity contribution is 7.13. The van der Waals surface area contributed by atoms with Gasteiger partial charge in [0.1, 0.15) is 11.6 Å². The van der Waals surface area contributed by atoms with E-state index in [2.05, 4.69) is 27.2 Å². The number of nitrogens with zero attached hydrogens (tertiary/aromatic N) is 4. The predicted octanol–water partition coefficient (Wildman–Crippen LogP) is 3.10. The molecule has 0 aromatic carbocycles. The van der Waals surface area contributed by atoms with Gasteiger partial charge in [0.2, 0.25) is 0 Å². The van der Waals surface area contributed by atoms with Crippen LogP contribution < -0.4 is 0 Å². The van der Waals surface area contributed by atoms with E-state index in [0.29, 0.717) is 18.0 Å². The Morgan fingerprint density at radius 3 is 3.00 bits per heavy atom. The van der Waals surface area contributed by atoms with Gasteiger partial charge in [-0.1, -0.05) is 11.2 Å². The molecular formula is C18H18N4O2S. The van der Waals surface area contributed by atoms with Crippen LogP contribution in [0, 0.1) is 6.92 Å². The summed E-state index contributed by atoms with van der Waals surface area (Å²) in [5, 5.41) is 5.96. The van der Waals surface area contributed by atoms with Crippen LogP contribution in [0.25, 0.3) is 10.6 Å². The molecule has 0 saturated carbocycles. The molecule has 1 fully saturated rings. The molecule has 1 saturated heterocycles. The summed E-state index contributed by atoms with van der Waals surface area (Å²) >= 11 is 1.74. The second-order valence-corrected chi connectivity index (χ2v) is 7.87. The zero-order valence-corrected chi connectivity index (χ0v) is 14.8. The van der Waals surface area contributed by atoms with Crippen LogP contribution in [0.5, 0.6) is 0 Å². The fraction of sp³-hybridized carbons (Fsp3) is 0.389. The molecule has 0 aliphatic carbocycles. The Morgan fingerprint density at radius 2 is 2.24 bits per heavy atom. The number of hydrogen-bond donors (Lipinski definition) is 0. The monoisotopic (exact) mass is 354 g/mol. The normalized spacial score (nSPS) is 22.0. The first kappa shape index (κ1) is 14.9. The Labute approximate surface area is 149 Å². The summed E-state index contributed by atoms with van der Waals surface area (Å²) < 4.78 is 7.38. The number of aryl methyl sites for hydroxylation is 1. The number of rotatable bonds is 2. The number of likely N-dealkylation sites (tertiary alicyclic amines) is 1. The molecule has 0 unspecified atom stereocenters. The predicted molar refractivity (Wildman–Crippen MR) is 93.6 cm³/mol. The molecule has 5 heterocycles. The van der Waals surface area contributed by atoms with E-state index in [4.69, 9.17) is 9.51 Å². The molecular weight excluding hydrogens is 336 g/mol. The maximum absolute atomic E-state index is 12.7. The minimum atomic E-state index is -0.0442. The van der Waals surface area contributed by atoms with Crippen molar-refractivity contribution in [2.45, 2.75) is 31.7 Å². The smallest absolute Gasteiger partial charge is 0.276 e. The highest BCUT2D eigenvalue weighted by Crippen LogP contribution is 2.44. The first-order valence-electron chi connectivity index (χ1n) is 8.49. The van der Waals surface area contributed by atoms with Crippen molar-refractivity contribution in [2.24, 2.45) is 0 Å². The van der Waals surface area contributed by atoms with Crippen molar-refractivity contribution < 1.29 is 9.32 Å². The van der Waals surface area contributed by atoms with Crippen LogP contribution in [0.1, 0.15) is 34.9 Å². The first-order chi connectivity index (χ1) is 12.2. The third kappa shape index (κ3) is 2.18. The van der Waals surface area contributed by atoms with Crippen molar-refractivity contribution in [3.8, 4) is 10.6 Å². The summed E-state index contributed by atoms with van der Waals surface area (Å²) in [5.41, 5.74) is 1.57. The molecule has 0 N–H and O–H groups in total. The second-order valence-electron chi connectivity index (χ2n) is 6.93. The molecule has 1 atom stereocenters. The van der Waals surface area contributed by atoms with Gasteiger partial charge in [-0.25, -0.2) is 4.98 Å². The van der Waals surface area contributed by atoms with E-state index < -0.39 is 0 Å². The van der Waals surface area contributed by atoms with Crippen LogP contribution in [0.2, 0.25) is 0 Å². The van der Waals surface area contributed by atoms with Crippen LogP contribution in [-0.2, 0) is 12.0 Å². The van der Waals surface area contributed by atoms with Crippen molar-refractivity contribution in [3.05, 3.63) is 47.1 Å². The number of fused-ring (bicyclic) bond motifs is 2. The lowest BCUT2D eigenvalue weighted by atomic mass is 9.85. The number of hydrogen-bond acceptors (Lipinski definition) is 5. The van der Waals surface area contributed by atoms with Crippen molar-refractivity contribution in [1.29, 1.82) is 0 Å². The van der Waals surface area contributed by atoms with Crippen LogP contribution in [0.4, 0.5) is 0 Å². The Hall–Kier alpha value is -2.41. The summed E-state index contributed by atoms with van der Waals surface area (Å²) in [5.74, 6) is 1.74. The fourth-order valence-electron chi connectivity index (χ4n) is 4.15. The molecule has 0 bridgehead atoms. The van der Waals surface area contributed by atoms with E-state index in [1.165, 1.54) is 10.6 Å². The van der Waals surface area contributed by atoms with Gasteiger partial charge in [-0.2, -0.15) is 0 Å². The van der Waals surface area contributed by atoms with Gasteiger partial charge in [0.15, 0.2) is 5.69 Å². The molecule has 128 valence electrons. The summed E-state index contributed by atoms with van der Waals surface area (Å²) in [7, 11) is 0. The van der Waals surface area contributed by atoms with Crippen LogP contribution >= 0.6 is 11.3 Å². The minimum absolute atomic E-state index is 0.0239. The number of imidazole rings is 1. The zero-order chi connectivity index (χ0) is 17.0. The summed E-state index contributed by atoms with van der Waals surface area (Å²) in [6.45, 7) is 4.22. The van der Waals surface area contributed by atoms with Gasteiger partial charge in [0.25, 0.3) is 5.91 Å². The van der Waals surface area contributed by atoms with Gasteiger partial charge in [-0.3, -0.25) is 4.79 Å². The van der Waals surface area contributed by atoms with E-state index in [1.807, 2.05) is 11.1 Å². The largest absolute Gasteiger partial charge is 0.361 e. The third-order valence-electron chi connectivity index (χ3n) is 5.41. The molecule has 0 radical (unpaired) electrons. The average Bonchev–Trinajstić information content (AvgIpc) is 3.39. The van der Waals surface area contributed by atoms with Crippen molar-refractivity contribution >= 4 is 17.2 Å². The zero-order valence-electron chi connectivity index (χ0n) is 13.9. The van der Waals surface area contributed by atoms with Gasteiger partial charge >= 0.3 is 0 Å². The number of aromatic nitrogens is 3. The molecule has 7 heteroatoms. The number of carbonyl (C=O) groups is 1. The number of thiophene rings is 1. The minimum Gasteiger partial charge on any atom is -0.361 e. The molecule has 2 aliphatic rings. The van der Waals surface area contributed by atoms with Crippen molar-refractivity contribution in [2.75, 3.05) is 13.1 Å². The molecule has 3 aromatic heterocycles. The third-order valence-corrected chi connectivity index (χ3v) is 6.30. The van der Waals surface area contributed by atoms with E-state index in [-0.39, 0.29) is 11.3 Å². The summed E-state index contributed by atoms with van der Waals surface area (Å²) in [6, 6.07) is 5.91. The van der Waals surface area contributed by atoms with Gasteiger partial charge in [0, 0.05) is 31.1 Å². The van der Waals surface area contributed by atoms with E-state index in [1.54, 1.807) is 24.3 Å². The van der Waals surface area contributed by atoms with Crippen LogP contribution in [0.15, 0.2) is 34.3 Å². The van der Waals surface area contributed by atoms with E-state index >= 15 is 0 Å². The Bertz CT molecular complexity index is 942. The first-order valence-corrected chi connectivity index (χ1v) is 9.37. The standard InChI is InChI=1S/C18H18N4O2S/c1-12-9-13(20-24-12)16(23)21-6-4-18(11-21)5-7-22-14(10-19-17(18)22)15-3-2-8-25-15/h2-3,8-10H,4-7,11H2,1H3/t18-/m1/s1. The second kappa shape index (κ2) is 5.29. The lowest BCUT2D eigenvalue weighted by Crippen LogP contribution is -2.33. The topological polar surface area (TPSA) is 64.2 Å². The van der Waals surface area contributed by atoms with E-state index in [9.17, 15) is 4.79 Å². The van der Waals surface area contributed by atoms with Gasteiger partial charge in [-0.15, -0.1) is 11.3 Å². The highest BCUT2D eigenvalue weighted by atomic mass is 32.1. The molecule has 1 spiro atoms. The lowest BCUT2D eigenvalue weighted by molar-refractivity contribution is 0.0772. The van der Waals surface area contributed by atoms with Gasteiger partial charge < -0.3 is 14.0 Å². The Morgan fingerprint density at radius 1 is 1.36 bits per heavy atom. The summed E-state index contributed by atoms with van der Waals surface area (Å²) in [4.78, 5) is 20.6. The molecule has 3 aromatic rings. The quantitative estimate of drug-likeness (QED) is 0.709. The van der Waals surface area contributed by atoms with Crippen molar-refractivity contribution in [1.82, 2.24) is 19.6 Å². The SMILES string of the molecule is Cc1cc(C(=O)N2CC[C@@]3(CCn4c(-c5cccs5)cnc43)C2)no1. The molecule has 25 heavy (non-hydrogen) atoms. The molecule has 6 nitrogen and oxygen atoms in total. The van der Waals surface area contributed by atoms with Crippen LogP contribution in [-0.4, -0.2) is 38.6 Å². The van der Waals surface area contributed by atoms with E-state index in [0.717, 1.165) is 31.8 Å².